The predicted octanol–water partition coefficient (Wildman–Crippen LogP) is 3.87. The van der Waals surface area contributed by atoms with Crippen LogP contribution in [0.25, 0.3) is 0 Å². The summed E-state index contributed by atoms with van der Waals surface area (Å²) in [6, 6.07) is 0. The van der Waals surface area contributed by atoms with Crippen LogP contribution in [-0.2, 0) is 0 Å². The molecule has 0 spiro atoms. The van der Waals surface area contributed by atoms with E-state index >= 15 is 0 Å². The highest BCUT2D eigenvalue weighted by molar-refractivity contribution is 5.23. The Morgan fingerprint density at radius 2 is 2.17 bits per heavy atom. The lowest BCUT2D eigenvalue weighted by atomic mass is 10.1. The van der Waals surface area contributed by atoms with Gasteiger partial charge in [0.25, 0.3) is 0 Å². The van der Waals surface area contributed by atoms with Crippen LogP contribution in [-0.4, -0.2) is 0 Å². The second-order valence-electron chi connectivity index (χ2n) is 3.32. The normalized spacial score (nSPS) is 19.7. The number of allylic oxidation sites excluding steroid dienone is 6. The van der Waals surface area contributed by atoms with Gasteiger partial charge in [-0.15, -0.1) is 0 Å². The second kappa shape index (κ2) is 4.97. The van der Waals surface area contributed by atoms with E-state index in [2.05, 4.69) is 44.2 Å². The van der Waals surface area contributed by atoms with Gasteiger partial charge < -0.3 is 0 Å². The van der Waals surface area contributed by atoms with Gasteiger partial charge in [-0.05, 0) is 37.7 Å². The van der Waals surface area contributed by atoms with Gasteiger partial charge in [0.05, 0.1) is 0 Å². The molecule has 0 amide bonds. The van der Waals surface area contributed by atoms with Gasteiger partial charge in [-0.1, -0.05) is 37.3 Å². The minimum Gasteiger partial charge on any atom is -0.0874 e. The van der Waals surface area contributed by atoms with Crippen LogP contribution in [0, 0.1) is 5.92 Å². The summed E-state index contributed by atoms with van der Waals surface area (Å²) < 4.78 is 0. The van der Waals surface area contributed by atoms with Crippen LogP contribution in [0.15, 0.2) is 36.0 Å². The van der Waals surface area contributed by atoms with E-state index in [1.54, 1.807) is 0 Å². The molecule has 1 saturated carbocycles. The van der Waals surface area contributed by atoms with Gasteiger partial charge >= 0.3 is 0 Å². The molecule has 0 heteroatoms. The summed E-state index contributed by atoms with van der Waals surface area (Å²) in [4.78, 5) is 0. The molecular weight excluding hydrogens is 144 g/mol. The quantitative estimate of drug-likeness (QED) is 0.550. The SMILES string of the molecule is C/C=C/C(=C\C=C\C1CC1)CC. The average molecular weight is 162 g/mol. The minimum absolute atomic E-state index is 0.893. The molecule has 0 atom stereocenters. The van der Waals surface area contributed by atoms with Crippen LogP contribution in [0.5, 0.6) is 0 Å². The molecule has 0 bridgehead atoms. The van der Waals surface area contributed by atoms with Gasteiger partial charge in [-0.2, -0.15) is 0 Å². The molecular formula is C12H18. The molecule has 1 aliphatic carbocycles. The molecule has 0 saturated heterocycles. The van der Waals surface area contributed by atoms with E-state index in [0.29, 0.717) is 0 Å². The first-order valence-electron chi connectivity index (χ1n) is 4.87. The van der Waals surface area contributed by atoms with E-state index < -0.39 is 0 Å². The van der Waals surface area contributed by atoms with Crippen molar-refractivity contribution < 1.29 is 0 Å². The third-order valence-electron chi connectivity index (χ3n) is 2.10. The summed E-state index contributed by atoms with van der Waals surface area (Å²) in [5, 5.41) is 0. The van der Waals surface area contributed by atoms with E-state index in [9.17, 15) is 0 Å². The van der Waals surface area contributed by atoms with Crippen molar-refractivity contribution in [3.63, 3.8) is 0 Å². The molecule has 1 rings (SSSR count). The zero-order valence-electron chi connectivity index (χ0n) is 8.09. The zero-order valence-corrected chi connectivity index (χ0v) is 8.09. The van der Waals surface area contributed by atoms with Crippen LogP contribution in [0.4, 0.5) is 0 Å². The Bertz CT molecular complexity index is 202. The fourth-order valence-corrected chi connectivity index (χ4v) is 1.13. The van der Waals surface area contributed by atoms with Gasteiger partial charge in [0.2, 0.25) is 0 Å². The van der Waals surface area contributed by atoms with E-state index in [1.165, 1.54) is 18.4 Å². The van der Waals surface area contributed by atoms with Gasteiger partial charge in [0, 0.05) is 0 Å². The molecule has 0 N–H and O–H groups in total. The fraction of sp³-hybridized carbons (Fsp3) is 0.500. The summed E-state index contributed by atoms with van der Waals surface area (Å²) in [6.07, 6.45) is 14.9. The average Bonchev–Trinajstić information content (AvgIpc) is 2.87. The van der Waals surface area contributed by atoms with E-state index in [-0.39, 0.29) is 0 Å². The molecule has 0 heterocycles. The van der Waals surface area contributed by atoms with Gasteiger partial charge in [-0.3, -0.25) is 0 Å². The molecule has 0 aromatic rings. The van der Waals surface area contributed by atoms with Gasteiger partial charge in [0.15, 0.2) is 0 Å². The molecule has 66 valence electrons. The van der Waals surface area contributed by atoms with Crippen molar-refractivity contribution >= 4 is 0 Å². The standard InChI is InChI=1S/C12H18/c1-3-6-11(4-2)7-5-8-12-9-10-12/h3,5-8,12H,4,9-10H2,1-2H3/b6-3+,8-5+,11-7-. The van der Waals surface area contributed by atoms with Crippen LogP contribution in [0.2, 0.25) is 0 Å². The van der Waals surface area contributed by atoms with Crippen molar-refractivity contribution in [1.29, 1.82) is 0 Å². The summed E-state index contributed by atoms with van der Waals surface area (Å²) in [7, 11) is 0. The maximum Gasteiger partial charge on any atom is -0.0230 e. The first-order valence-corrected chi connectivity index (χ1v) is 4.87. The highest BCUT2D eigenvalue weighted by atomic mass is 14.2. The van der Waals surface area contributed by atoms with Crippen LogP contribution >= 0.6 is 0 Å². The van der Waals surface area contributed by atoms with Crippen molar-refractivity contribution in [3.05, 3.63) is 36.0 Å². The molecule has 0 aromatic carbocycles. The molecule has 0 nitrogen and oxygen atoms in total. The van der Waals surface area contributed by atoms with Gasteiger partial charge in [-0.25, -0.2) is 0 Å². The van der Waals surface area contributed by atoms with E-state index in [4.69, 9.17) is 0 Å². The third kappa shape index (κ3) is 3.56. The summed E-state index contributed by atoms with van der Waals surface area (Å²) in [5.74, 6) is 0.893. The molecule has 0 unspecified atom stereocenters. The molecule has 0 aliphatic heterocycles. The second-order valence-corrected chi connectivity index (χ2v) is 3.32. The Morgan fingerprint density at radius 1 is 1.42 bits per heavy atom. The topological polar surface area (TPSA) is 0 Å². The largest absolute Gasteiger partial charge is 0.0874 e. The van der Waals surface area contributed by atoms with Crippen LogP contribution in [0.1, 0.15) is 33.1 Å². The Morgan fingerprint density at radius 3 is 2.67 bits per heavy atom. The van der Waals surface area contributed by atoms with E-state index in [0.717, 1.165) is 12.3 Å². The van der Waals surface area contributed by atoms with E-state index in [1.807, 2.05) is 0 Å². The van der Waals surface area contributed by atoms with Crippen molar-refractivity contribution in [2.24, 2.45) is 5.92 Å². The monoisotopic (exact) mass is 162 g/mol. The molecule has 12 heavy (non-hydrogen) atoms. The Kier molecular flexibility index (Phi) is 3.86. The summed E-state index contributed by atoms with van der Waals surface area (Å²) >= 11 is 0. The molecule has 0 aromatic heterocycles. The number of hydrogen-bond donors (Lipinski definition) is 0. The Labute approximate surface area is 75.7 Å². The van der Waals surface area contributed by atoms with Crippen molar-refractivity contribution in [3.8, 4) is 0 Å². The fourth-order valence-electron chi connectivity index (χ4n) is 1.13. The van der Waals surface area contributed by atoms with Crippen LogP contribution in [0.3, 0.4) is 0 Å². The third-order valence-corrected chi connectivity index (χ3v) is 2.10. The predicted molar refractivity (Wildman–Crippen MR) is 55.1 cm³/mol. The lowest BCUT2D eigenvalue weighted by molar-refractivity contribution is 1.12. The highest BCUT2D eigenvalue weighted by Crippen LogP contribution is 2.30. The van der Waals surface area contributed by atoms with Crippen LogP contribution < -0.4 is 0 Å². The first kappa shape index (κ1) is 9.31. The van der Waals surface area contributed by atoms with Crippen molar-refractivity contribution in [2.45, 2.75) is 33.1 Å². The highest BCUT2D eigenvalue weighted by Gasteiger charge is 2.16. The maximum absolute atomic E-state index is 2.32. The van der Waals surface area contributed by atoms with Crippen molar-refractivity contribution in [2.75, 3.05) is 0 Å². The zero-order chi connectivity index (χ0) is 8.81. The minimum atomic E-state index is 0.893. The molecule has 1 fully saturated rings. The van der Waals surface area contributed by atoms with Crippen molar-refractivity contribution in [1.82, 2.24) is 0 Å². The maximum atomic E-state index is 2.32. The molecule has 1 aliphatic rings. The lowest BCUT2D eigenvalue weighted by Gasteiger charge is -1.92. The first-order chi connectivity index (χ1) is 5.86. The summed E-state index contributed by atoms with van der Waals surface area (Å²) in [5.41, 5.74) is 1.41. The number of hydrogen-bond acceptors (Lipinski definition) is 0. The lowest BCUT2D eigenvalue weighted by Crippen LogP contribution is -1.72. The summed E-state index contributed by atoms with van der Waals surface area (Å²) in [6.45, 7) is 4.25. The Hall–Kier alpha value is -0.780. The van der Waals surface area contributed by atoms with Gasteiger partial charge in [0.1, 0.15) is 0 Å². The Balaban J connectivity index is 2.39. The molecule has 0 radical (unpaired) electrons. The smallest absolute Gasteiger partial charge is 0.0230 e. The number of rotatable bonds is 4.